The molecule has 1 heterocycles. The third-order valence-corrected chi connectivity index (χ3v) is 6.54. The van der Waals surface area contributed by atoms with E-state index in [4.69, 9.17) is 4.74 Å². The average molecular weight is 457 g/mol. The molecule has 0 saturated carbocycles. The molecule has 2 N–H and O–H groups in total. The SMILES string of the molecule is CC(C)(C)[C@H](NC(=O)OCc1ccccc1)C(=O)N1C(c2ccccc2)SC[C@H]1C(=O)O. The minimum atomic E-state index is -1.07. The highest BCUT2D eigenvalue weighted by Gasteiger charge is 2.47. The zero-order valence-electron chi connectivity index (χ0n) is 18.4. The number of hydrogen-bond donors (Lipinski definition) is 2. The van der Waals surface area contributed by atoms with Gasteiger partial charge in [0, 0.05) is 5.75 Å². The summed E-state index contributed by atoms with van der Waals surface area (Å²) in [7, 11) is 0. The molecule has 8 heteroatoms. The first-order chi connectivity index (χ1) is 15.2. The highest BCUT2D eigenvalue weighted by molar-refractivity contribution is 7.99. The topological polar surface area (TPSA) is 95.9 Å². The van der Waals surface area contributed by atoms with Gasteiger partial charge in [-0.3, -0.25) is 4.79 Å². The van der Waals surface area contributed by atoms with E-state index in [-0.39, 0.29) is 12.4 Å². The molecule has 3 atom stereocenters. The number of carboxylic acid groups (broad SMARTS) is 1. The maximum Gasteiger partial charge on any atom is 0.408 e. The molecule has 0 bridgehead atoms. The zero-order valence-corrected chi connectivity index (χ0v) is 19.2. The molecular formula is C24H28N2O5S. The van der Waals surface area contributed by atoms with Crippen molar-refractivity contribution in [1.82, 2.24) is 10.2 Å². The Balaban J connectivity index is 1.81. The number of carboxylic acids is 1. The summed E-state index contributed by atoms with van der Waals surface area (Å²) in [6.07, 6.45) is -0.725. The van der Waals surface area contributed by atoms with Gasteiger partial charge < -0.3 is 20.1 Å². The molecule has 32 heavy (non-hydrogen) atoms. The predicted octanol–water partition coefficient (Wildman–Crippen LogP) is 4.05. The lowest BCUT2D eigenvalue weighted by Gasteiger charge is -2.36. The quantitative estimate of drug-likeness (QED) is 0.681. The molecule has 2 aromatic carbocycles. The predicted molar refractivity (Wildman–Crippen MR) is 123 cm³/mol. The molecule has 3 rings (SSSR count). The third-order valence-electron chi connectivity index (χ3n) is 5.21. The Morgan fingerprint density at radius 2 is 1.69 bits per heavy atom. The van der Waals surface area contributed by atoms with Crippen LogP contribution in [-0.4, -0.2) is 45.8 Å². The molecule has 0 aromatic heterocycles. The second-order valence-corrected chi connectivity index (χ2v) is 9.81. The van der Waals surface area contributed by atoms with Crippen LogP contribution in [0.5, 0.6) is 0 Å². The van der Waals surface area contributed by atoms with E-state index < -0.39 is 40.8 Å². The monoisotopic (exact) mass is 456 g/mol. The average Bonchev–Trinajstić information content (AvgIpc) is 3.22. The minimum absolute atomic E-state index is 0.0711. The fraction of sp³-hybridized carbons (Fsp3) is 0.375. The van der Waals surface area contributed by atoms with Crippen molar-refractivity contribution in [2.24, 2.45) is 5.41 Å². The molecule has 2 aromatic rings. The van der Waals surface area contributed by atoms with Crippen LogP contribution >= 0.6 is 11.8 Å². The van der Waals surface area contributed by atoms with E-state index in [9.17, 15) is 19.5 Å². The van der Waals surface area contributed by atoms with Crippen LogP contribution in [0.1, 0.15) is 37.3 Å². The number of amides is 2. The molecule has 2 amide bonds. The summed E-state index contributed by atoms with van der Waals surface area (Å²) in [5.74, 6) is -1.24. The van der Waals surface area contributed by atoms with Crippen LogP contribution < -0.4 is 5.32 Å². The summed E-state index contributed by atoms with van der Waals surface area (Å²) in [6.45, 7) is 5.54. The Hall–Kier alpha value is -3.00. The van der Waals surface area contributed by atoms with Crippen LogP contribution in [0.2, 0.25) is 0 Å². The minimum Gasteiger partial charge on any atom is -0.480 e. The maximum absolute atomic E-state index is 13.7. The second-order valence-electron chi connectivity index (χ2n) is 8.70. The fourth-order valence-corrected chi connectivity index (χ4v) is 4.95. The highest BCUT2D eigenvalue weighted by atomic mass is 32.2. The number of aliphatic carboxylic acids is 1. The van der Waals surface area contributed by atoms with Crippen LogP contribution in [-0.2, 0) is 20.9 Å². The molecular weight excluding hydrogens is 428 g/mol. The first-order valence-corrected chi connectivity index (χ1v) is 11.4. The standard InChI is InChI=1S/C24H28N2O5S/c1-24(2,3)19(25-23(30)31-14-16-10-6-4-7-11-16)20(27)26-18(22(28)29)15-32-21(26)17-12-8-5-9-13-17/h4-13,18-19,21H,14-15H2,1-3H3,(H,25,30)(H,28,29)/t18-,19+,21?/m0/s1. The van der Waals surface area contributed by atoms with Crippen molar-refractivity contribution >= 4 is 29.7 Å². The summed E-state index contributed by atoms with van der Waals surface area (Å²) in [4.78, 5) is 39.5. The van der Waals surface area contributed by atoms with Crippen molar-refractivity contribution in [2.45, 2.75) is 44.8 Å². The van der Waals surface area contributed by atoms with Gasteiger partial charge in [-0.15, -0.1) is 11.8 Å². The fourth-order valence-electron chi connectivity index (χ4n) is 3.52. The Morgan fingerprint density at radius 3 is 2.25 bits per heavy atom. The van der Waals surface area contributed by atoms with Gasteiger partial charge in [0.2, 0.25) is 5.91 Å². The van der Waals surface area contributed by atoms with E-state index in [0.29, 0.717) is 0 Å². The molecule has 1 aliphatic heterocycles. The van der Waals surface area contributed by atoms with E-state index >= 15 is 0 Å². The number of ether oxygens (including phenoxy) is 1. The number of nitrogens with zero attached hydrogens (tertiary/aromatic N) is 1. The van der Waals surface area contributed by atoms with Crippen LogP contribution in [0.15, 0.2) is 60.7 Å². The van der Waals surface area contributed by atoms with E-state index in [1.54, 1.807) is 0 Å². The molecule has 7 nitrogen and oxygen atoms in total. The van der Waals surface area contributed by atoms with Crippen LogP contribution in [0.3, 0.4) is 0 Å². The van der Waals surface area contributed by atoms with Gasteiger partial charge >= 0.3 is 12.1 Å². The molecule has 1 unspecified atom stereocenters. The van der Waals surface area contributed by atoms with Crippen LogP contribution in [0, 0.1) is 5.41 Å². The third kappa shape index (κ3) is 5.62. The zero-order chi connectivity index (χ0) is 23.3. The summed E-state index contributed by atoms with van der Waals surface area (Å²) < 4.78 is 5.31. The normalized spacial score (nSPS) is 19.3. The number of benzene rings is 2. The van der Waals surface area contributed by atoms with Gasteiger partial charge in [-0.2, -0.15) is 0 Å². The van der Waals surface area contributed by atoms with Crippen molar-refractivity contribution in [3.8, 4) is 0 Å². The van der Waals surface area contributed by atoms with Crippen molar-refractivity contribution in [1.29, 1.82) is 0 Å². The number of thioether (sulfide) groups is 1. The lowest BCUT2D eigenvalue weighted by Crippen LogP contribution is -2.57. The molecule has 1 fully saturated rings. The smallest absolute Gasteiger partial charge is 0.408 e. The van der Waals surface area contributed by atoms with Gasteiger partial charge in [0.25, 0.3) is 0 Å². The molecule has 1 aliphatic rings. The highest BCUT2D eigenvalue weighted by Crippen LogP contribution is 2.42. The van der Waals surface area contributed by atoms with Gasteiger partial charge in [0.1, 0.15) is 24.1 Å². The Labute approximate surface area is 192 Å². The lowest BCUT2D eigenvalue weighted by molar-refractivity contribution is -0.151. The summed E-state index contributed by atoms with van der Waals surface area (Å²) in [5, 5.41) is 12.0. The van der Waals surface area contributed by atoms with E-state index in [0.717, 1.165) is 11.1 Å². The first kappa shape index (κ1) is 23.7. The van der Waals surface area contributed by atoms with Crippen molar-refractivity contribution in [2.75, 3.05) is 5.75 Å². The van der Waals surface area contributed by atoms with Crippen LogP contribution in [0.25, 0.3) is 0 Å². The number of rotatable bonds is 6. The number of hydrogen-bond acceptors (Lipinski definition) is 5. The van der Waals surface area contributed by atoms with Gasteiger partial charge in [0.05, 0.1) is 0 Å². The van der Waals surface area contributed by atoms with E-state index in [1.807, 2.05) is 81.4 Å². The van der Waals surface area contributed by atoms with Crippen molar-refractivity contribution in [3.05, 3.63) is 71.8 Å². The lowest BCUT2D eigenvalue weighted by atomic mass is 9.85. The van der Waals surface area contributed by atoms with Gasteiger partial charge in [-0.25, -0.2) is 9.59 Å². The summed E-state index contributed by atoms with van der Waals surface area (Å²) in [6, 6.07) is 16.6. The molecule has 0 radical (unpaired) electrons. The first-order valence-electron chi connectivity index (χ1n) is 10.4. The summed E-state index contributed by atoms with van der Waals surface area (Å²) >= 11 is 1.40. The van der Waals surface area contributed by atoms with E-state index in [2.05, 4.69) is 5.32 Å². The van der Waals surface area contributed by atoms with Gasteiger partial charge in [-0.1, -0.05) is 81.4 Å². The Kier molecular flexibility index (Phi) is 7.45. The molecule has 170 valence electrons. The van der Waals surface area contributed by atoms with Crippen molar-refractivity contribution in [3.63, 3.8) is 0 Å². The summed E-state index contributed by atoms with van der Waals surface area (Å²) in [5.41, 5.74) is 1.00. The number of nitrogens with one attached hydrogen (secondary N) is 1. The van der Waals surface area contributed by atoms with Crippen molar-refractivity contribution < 1.29 is 24.2 Å². The molecule has 0 spiro atoms. The number of carbonyl (C=O) groups excluding carboxylic acids is 2. The number of carbonyl (C=O) groups is 3. The van der Waals surface area contributed by atoms with Gasteiger partial charge in [-0.05, 0) is 16.5 Å². The maximum atomic E-state index is 13.7. The largest absolute Gasteiger partial charge is 0.480 e. The Morgan fingerprint density at radius 1 is 1.09 bits per heavy atom. The van der Waals surface area contributed by atoms with Crippen LogP contribution in [0.4, 0.5) is 4.79 Å². The second kappa shape index (κ2) is 10.1. The van der Waals surface area contributed by atoms with Gasteiger partial charge in [0.15, 0.2) is 0 Å². The Bertz CT molecular complexity index is 946. The van der Waals surface area contributed by atoms with E-state index in [1.165, 1.54) is 16.7 Å². The molecule has 1 saturated heterocycles. The number of alkyl carbamates (subject to hydrolysis) is 1. The molecule has 0 aliphatic carbocycles.